The summed E-state index contributed by atoms with van der Waals surface area (Å²) in [5, 5.41) is 0. The van der Waals surface area contributed by atoms with E-state index >= 15 is 0 Å². The minimum Gasteiger partial charge on any atom is -0.496 e. The summed E-state index contributed by atoms with van der Waals surface area (Å²) in [6.07, 6.45) is 0. The third-order valence-corrected chi connectivity index (χ3v) is 1.54. The third-order valence-electron chi connectivity index (χ3n) is 1.54. The molecule has 0 spiro atoms. The molecule has 1 aromatic carbocycles. The summed E-state index contributed by atoms with van der Waals surface area (Å²) in [6, 6.07) is 4.33. The first-order valence-corrected chi connectivity index (χ1v) is 3.54. The first-order valence-electron chi connectivity index (χ1n) is 3.54. The molecule has 0 saturated carbocycles. The lowest BCUT2D eigenvalue weighted by Crippen LogP contribution is -2.21. The molecule has 0 aliphatic carbocycles. The standard InChI is InChI=1S/C8H11FN2O.ClH/c1-12-8-4-7(9)3-2-6(8)5-11-10;/h2-4,11H,5,10H2,1H3;1H. The monoisotopic (exact) mass is 206 g/mol. The number of methoxy groups -OCH3 is 1. The molecule has 74 valence electrons. The van der Waals surface area contributed by atoms with E-state index < -0.39 is 0 Å². The van der Waals surface area contributed by atoms with Crippen molar-refractivity contribution < 1.29 is 9.13 Å². The van der Waals surface area contributed by atoms with Gasteiger partial charge in [-0.15, -0.1) is 12.4 Å². The molecule has 0 heterocycles. The van der Waals surface area contributed by atoms with Crippen molar-refractivity contribution in [3.63, 3.8) is 0 Å². The lowest BCUT2D eigenvalue weighted by Gasteiger charge is -2.06. The molecule has 1 aromatic rings. The average molecular weight is 207 g/mol. The van der Waals surface area contributed by atoms with E-state index in [4.69, 9.17) is 10.6 Å². The van der Waals surface area contributed by atoms with Crippen LogP contribution in [-0.4, -0.2) is 7.11 Å². The molecule has 0 aliphatic rings. The first kappa shape index (κ1) is 12.2. The van der Waals surface area contributed by atoms with E-state index in [0.29, 0.717) is 12.3 Å². The van der Waals surface area contributed by atoms with Crippen LogP contribution in [0.4, 0.5) is 4.39 Å². The van der Waals surface area contributed by atoms with Gasteiger partial charge in [0.15, 0.2) is 0 Å². The van der Waals surface area contributed by atoms with Crippen LogP contribution in [0.1, 0.15) is 5.56 Å². The van der Waals surface area contributed by atoms with E-state index in [1.807, 2.05) is 0 Å². The molecule has 0 radical (unpaired) electrons. The number of hydrogen-bond donors (Lipinski definition) is 2. The number of nitrogens with one attached hydrogen (secondary N) is 1. The Kier molecular flexibility index (Phi) is 5.37. The lowest BCUT2D eigenvalue weighted by atomic mass is 10.2. The Hall–Kier alpha value is -0.840. The molecule has 0 aromatic heterocycles. The van der Waals surface area contributed by atoms with Gasteiger partial charge in [0.1, 0.15) is 11.6 Å². The Labute approximate surface area is 82.5 Å². The fraction of sp³-hybridized carbons (Fsp3) is 0.250. The van der Waals surface area contributed by atoms with Crippen LogP contribution in [0.2, 0.25) is 0 Å². The van der Waals surface area contributed by atoms with Gasteiger partial charge in [-0.2, -0.15) is 0 Å². The van der Waals surface area contributed by atoms with E-state index in [-0.39, 0.29) is 18.2 Å². The van der Waals surface area contributed by atoms with Crippen LogP contribution in [0.5, 0.6) is 5.75 Å². The van der Waals surface area contributed by atoms with Gasteiger partial charge in [-0.1, -0.05) is 6.07 Å². The first-order chi connectivity index (χ1) is 5.77. The Bertz CT molecular complexity index is 270. The molecule has 0 atom stereocenters. The number of hydrazine groups is 1. The van der Waals surface area contributed by atoms with Crippen molar-refractivity contribution in [3.8, 4) is 5.75 Å². The molecular formula is C8H12ClFN2O. The molecule has 5 heteroatoms. The van der Waals surface area contributed by atoms with Crippen molar-refractivity contribution in [1.29, 1.82) is 0 Å². The Morgan fingerprint density at radius 3 is 2.77 bits per heavy atom. The molecule has 0 bridgehead atoms. The number of ether oxygens (including phenoxy) is 1. The van der Waals surface area contributed by atoms with E-state index in [0.717, 1.165) is 5.56 Å². The highest BCUT2D eigenvalue weighted by Gasteiger charge is 2.02. The van der Waals surface area contributed by atoms with Gasteiger partial charge in [0, 0.05) is 18.2 Å². The fourth-order valence-corrected chi connectivity index (χ4v) is 0.974. The molecule has 3 nitrogen and oxygen atoms in total. The molecule has 0 unspecified atom stereocenters. The van der Waals surface area contributed by atoms with Crippen LogP contribution >= 0.6 is 12.4 Å². The van der Waals surface area contributed by atoms with Gasteiger partial charge in [-0.3, -0.25) is 11.3 Å². The maximum absolute atomic E-state index is 12.6. The van der Waals surface area contributed by atoms with Crippen molar-refractivity contribution in [2.24, 2.45) is 5.84 Å². The lowest BCUT2D eigenvalue weighted by molar-refractivity contribution is 0.404. The smallest absolute Gasteiger partial charge is 0.126 e. The second-order valence-corrected chi connectivity index (χ2v) is 2.34. The van der Waals surface area contributed by atoms with Gasteiger partial charge in [-0.05, 0) is 6.07 Å². The Morgan fingerprint density at radius 2 is 2.23 bits per heavy atom. The predicted octanol–water partition coefficient (Wildman–Crippen LogP) is 1.22. The number of rotatable bonds is 3. The van der Waals surface area contributed by atoms with Crippen LogP contribution in [0, 0.1) is 5.82 Å². The molecule has 0 aliphatic heterocycles. The molecular weight excluding hydrogens is 195 g/mol. The number of benzene rings is 1. The second-order valence-electron chi connectivity index (χ2n) is 2.34. The van der Waals surface area contributed by atoms with Gasteiger partial charge in [0.2, 0.25) is 0 Å². The van der Waals surface area contributed by atoms with E-state index in [1.54, 1.807) is 6.07 Å². The second kappa shape index (κ2) is 5.75. The van der Waals surface area contributed by atoms with Crippen LogP contribution < -0.4 is 16.0 Å². The fourth-order valence-electron chi connectivity index (χ4n) is 0.974. The zero-order chi connectivity index (χ0) is 8.97. The zero-order valence-corrected chi connectivity index (χ0v) is 8.03. The van der Waals surface area contributed by atoms with Crippen molar-refractivity contribution in [2.45, 2.75) is 6.54 Å². The number of hydrogen-bond acceptors (Lipinski definition) is 3. The van der Waals surface area contributed by atoms with E-state index in [2.05, 4.69) is 5.43 Å². The van der Waals surface area contributed by atoms with Crippen LogP contribution in [0.15, 0.2) is 18.2 Å². The minimum absolute atomic E-state index is 0. The molecule has 0 amide bonds. The summed E-state index contributed by atoms with van der Waals surface area (Å²) >= 11 is 0. The topological polar surface area (TPSA) is 47.3 Å². The highest BCUT2D eigenvalue weighted by Crippen LogP contribution is 2.18. The Balaban J connectivity index is 0.00000144. The summed E-state index contributed by atoms with van der Waals surface area (Å²) in [4.78, 5) is 0. The summed E-state index contributed by atoms with van der Waals surface area (Å²) in [7, 11) is 1.49. The normalized spacial score (nSPS) is 9.15. The summed E-state index contributed by atoms with van der Waals surface area (Å²) in [5.41, 5.74) is 3.31. The quantitative estimate of drug-likeness (QED) is 0.578. The maximum Gasteiger partial charge on any atom is 0.126 e. The minimum atomic E-state index is -0.312. The van der Waals surface area contributed by atoms with Gasteiger partial charge in [0.05, 0.1) is 7.11 Å². The van der Waals surface area contributed by atoms with Crippen molar-refractivity contribution >= 4 is 12.4 Å². The molecule has 13 heavy (non-hydrogen) atoms. The predicted molar refractivity (Wildman–Crippen MR) is 51.2 cm³/mol. The van der Waals surface area contributed by atoms with E-state index in [9.17, 15) is 4.39 Å². The van der Waals surface area contributed by atoms with Crippen LogP contribution in [0.3, 0.4) is 0 Å². The average Bonchev–Trinajstić information content (AvgIpc) is 2.08. The summed E-state index contributed by atoms with van der Waals surface area (Å²) in [5.74, 6) is 5.32. The summed E-state index contributed by atoms with van der Waals surface area (Å²) in [6.45, 7) is 0.462. The number of nitrogens with two attached hydrogens (primary N) is 1. The third kappa shape index (κ3) is 3.18. The largest absolute Gasteiger partial charge is 0.496 e. The van der Waals surface area contributed by atoms with Gasteiger partial charge < -0.3 is 4.74 Å². The highest BCUT2D eigenvalue weighted by molar-refractivity contribution is 5.85. The molecule has 0 fully saturated rings. The number of halogens is 2. The molecule has 0 saturated heterocycles. The molecule has 1 rings (SSSR count). The van der Waals surface area contributed by atoms with Gasteiger partial charge in [-0.25, -0.2) is 4.39 Å². The SMILES string of the molecule is COc1cc(F)ccc1CNN.Cl. The van der Waals surface area contributed by atoms with E-state index in [1.165, 1.54) is 19.2 Å². The van der Waals surface area contributed by atoms with Crippen molar-refractivity contribution in [2.75, 3.05) is 7.11 Å². The van der Waals surface area contributed by atoms with Crippen LogP contribution in [0.25, 0.3) is 0 Å². The molecule has 3 N–H and O–H groups in total. The van der Waals surface area contributed by atoms with Crippen molar-refractivity contribution in [1.82, 2.24) is 5.43 Å². The van der Waals surface area contributed by atoms with Gasteiger partial charge in [0.25, 0.3) is 0 Å². The highest BCUT2D eigenvalue weighted by atomic mass is 35.5. The zero-order valence-electron chi connectivity index (χ0n) is 7.21. The maximum atomic E-state index is 12.6. The van der Waals surface area contributed by atoms with Gasteiger partial charge >= 0.3 is 0 Å². The van der Waals surface area contributed by atoms with Crippen LogP contribution in [-0.2, 0) is 6.54 Å². The summed E-state index contributed by atoms with van der Waals surface area (Å²) < 4.78 is 17.6. The van der Waals surface area contributed by atoms with Crippen molar-refractivity contribution in [3.05, 3.63) is 29.6 Å². The Morgan fingerprint density at radius 1 is 1.54 bits per heavy atom.